The zero-order chi connectivity index (χ0) is 22.5. The van der Waals surface area contributed by atoms with E-state index in [2.05, 4.69) is 5.32 Å². The number of benzene rings is 2. The zero-order valence-corrected chi connectivity index (χ0v) is 18.2. The second-order valence-corrected chi connectivity index (χ2v) is 7.96. The molecule has 7 nitrogen and oxygen atoms in total. The molecule has 2 heterocycles. The largest absolute Gasteiger partial charge is 0.335 e. The summed E-state index contributed by atoms with van der Waals surface area (Å²) in [4.78, 5) is 41.6. The summed E-state index contributed by atoms with van der Waals surface area (Å²) in [6.07, 6.45) is 1.71. The van der Waals surface area contributed by atoms with Crippen LogP contribution in [0.4, 0.5) is 5.69 Å². The highest BCUT2D eigenvalue weighted by Crippen LogP contribution is 2.15. The van der Waals surface area contributed by atoms with Crippen LogP contribution in [-0.4, -0.2) is 58.3 Å². The lowest BCUT2D eigenvalue weighted by atomic mass is 10.2. The number of aromatic nitrogens is 1. The number of carbonyl (C=O) groups is 3. The van der Waals surface area contributed by atoms with Crippen LogP contribution in [0.25, 0.3) is 0 Å². The van der Waals surface area contributed by atoms with Gasteiger partial charge in [-0.2, -0.15) is 0 Å². The van der Waals surface area contributed by atoms with E-state index in [9.17, 15) is 14.4 Å². The predicted octanol–water partition coefficient (Wildman–Crippen LogP) is 3.38. The van der Waals surface area contributed by atoms with E-state index in [0.717, 1.165) is 0 Å². The van der Waals surface area contributed by atoms with E-state index in [0.29, 0.717) is 48.1 Å². The first-order valence-electron chi connectivity index (χ1n) is 10.4. The molecule has 1 aromatic heterocycles. The summed E-state index contributed by atoms with van der Waals surface area (Å²) >= 11 is 5.87. The van der Waals surface area contributed by atoms with E-state index < -0.39 is 0 Å². The Morgan fingerprint density at radius 3 is 2.06 bits per heavy atom. The van der Waals surface area contributed by atoms with Crippen molar-refractivity contribution in [3.63, 3.8) is 0 Å². The molecule has 0 bridgehead atoms. The highest BCUT2D eigenvalue weighted by molar-refractivity contribution is 6.30. The Hall–Kier alpha value is -3.58. The summed E-state index contributed by atoms with van der Waals surface area (Å²) in [5.41, 5.74) is 1.73. The van der Waals surface area contributed by atoms with E-state index >= 15 is 0 Å². The predicted molar refractivity (Wildman–Crippen MR) is 123 cm³/mol. The molecule has 0 radical (unpaired) electrons. The third-order valence-corrected chi connectivity index (χ3v) is 5.62. The Bertz CT molecular complexity index is 1100. The second kappa shape index (κ2) is 9.70. The fourth-order valence-electron chi connectivity index (χ4n) is 3.67. The Balaban J connectivity index is 1.35. The summed E-state index contributed by atoms with van der Waals surface area (Å²) in [7, 11) is 0. The first kappa shape index (κ1) is 21.6. The summed E-state index contributed by atoms with van der Waals surface area (Å²) < 4.78 is 1.63. The molecule has 164 valence electrons. The lowest BCUT2D eigenvalue weighted by molar-refractivity contribution is -0.116. The molecule has 1 aliphatic rings. The smallest absolute Gasteiger partial charge is 0.270 e. The quantitative estimate of drug-likeness (QED) is 0.647. The Kier molecular flexibility index (Phi) is 6.56. The number of rotatable bonds is 5. The van der Waals surface area contributed by atoms with Crippen LogP contribution in [0, 0.1) is 0 Å². The van der Waals surface area contributed by atoms with Crippen molar-refractivity contribution in [1.82, 2.24) is 14.4 Å². The van der Waals surface area contributed by atoms with Crippen LogP contribution in [0.3, 0.4) is 0 Å². The molecule has 0 spiro atoms. The van der Waals surface area contributed by atoms with Crippen molar-refractivity contribution in [2.75, 3.05) is 31.5 Å². The zero-order valence-electron chi connectivity index (χ0n) is 17.4. The lowest BCUT2D eigenvalue weighted by Gasteiger charge is -2.35. The number of piperazine rings is 1. The molecule has 1 saturated heterocycles. The normalized spacial score (nSPS) is 13.7. The molecule has 1 fully saturated rings. The molecule has 32 heavy (non-hydrogen) atoms. The summed E-state index contributed by atoms with van der Waals surface area (Å²) in [6, 6.07) is 19.4. The van der Waals surface area contributed by atoms with Crippen LogP contribution in [0.2, 0.25) is 5.02 Å². The fourth-order valence-corrected chi connectivity index (χ4v) is 3.80. The van der Waals surface area contributed by atoms with Gasteiger partial charge in [-0.25, -0.2) is 0 Å². The van der Waals surface area contributed by atoms with Crippen molar-refractivity contribution in [3.8, 4) is 0 Å². The maximum atomic E-state index is 13.1. The molecule has 4 rings (SSSR count). The van der Waals surface area contributed by atoms with Crippen molar-refractivity contribution in [2.45, 2.75) is 6.54 Å². The highest BCUT2D eigenvalue weighted by Gasteiger charge is 2.27. The summed E-state index contributed by atoms with van der Waals surface area (Å²) in [5, 5.41) is 3.39. The number of carbonyl (C=O) groups excluding carboxylic acids is 3. The number of halogens is 1. The highest BCUT2D eigenvalue weighted by atomic mass is 35.5. The van der Waals surface area contributed by atoms with Crippen LogP contribution in [0.15, 0.2) is 72.9 Å². The lowest BCUT2D eigenvalue weighted by Crippen LogP contribution is -2.51. The Labute approximate surface area is 191 Å². The number of nitrogens with one attached hydrogen (secondary N) is 1. The van der Waals surface area contributed by atoms with Crippen LogP contribution < -0.4 is 5.32 Å². The average molecular weight is 451 g/mol. The van der Waals surface area contributed by atoms with Crippen molar-refractivity contribution in [2.24, 2.45) is 0 Å². The molecule has 3 amide bonds. The van der Waals surface area contributed by atoms with Gasteiger partial charge in [-0.3, -0.25) is 14.4 Å². The summed E-state index contributed by atoms with van der Waals surface area (Å²) in [6.45, 7) is 1.84. The maximum Gasteiger partial charge on any atom is 0.270 e. The summed E-state index contributed by atoms with van der Waals surface area (Å²) in [5.74, 6) is -0.420. The van der Waals surface area contributed by atoms with E-state index in [1.54, 1.807) is 69.1 Å². The fraction of sp³-hybridized carbons (Fsp3) is 0.208. The number of anilines is 1. The number of nitrogens with zero attached hydrogens (tertiary/aromatic N) is 3. The maximum absolute atomic E-state index is 13.1. The van der Waals surface area contributed by atoms with Crippen molar-refractivity contribution >= 4 is 35.0 Å². The van der Waals surface area contributed by atoms with Gasteiger partial charge in [-0.1, -0.05) is 29.8 Å². The molecule has 8 heteroatoms. The van der Waals surface area contributed by atoms with Gasteiger partial charge in [0.2, 0.25) is 5.91 Å². The molecule has 0 unspecified atom stereocenters. The molecule has 0 atom stereocenters. The molecule has 3 aromatic rings. The van der Waals surface area contributed by atoms with Crippen LogP contribution in [0.5, 0.6) is 0 Å². The molecule has 0 aliphatic carbocycles. The molecule has 1 N–H and O–H groups in total. The van der Waals surface area contributed by atoms with Crippen molar-refractivity contribution < 1.29 is 14.4 Å². The van der Waals surface area contributed by atoms with E-state index in [1.807, 2.05) is 18.2 Å². The van der Waals surface area contributed by atoms with Crippen molar-refractivity contribution in [3.05, 3.63) is 89.2 Å². The van der Waals surface area contributed by atoms with E-state index in [4.69, 9.17) is 11.6 Å². The van der Waals surface area contributed by atoms with Crippen LogP contribution in [0.1, 0.15) is 20.8 Å². The van der Waals surface area contributed by atoms with Gasteiger partial charge in [-0.05, 0) is 48.5 Å². The van der Waals surface area contributed by atoms with Gasteiger partial charge < -0.3 is 19.7 Å². The van der Waals surface area contributed by atoms with Gasteiger partial charge in [-0.15, -0.1) is 0 Å². The molecule has 1 aliphatic heterocycles. The van der Waals surface area contributed by atoms with Gasteiger partial charge in [0.05, 0.1) is 0 Å². The average Bonchev–Trinajstić information content (AvgIpc) is 3.28. The third kappa shape index (κ3) is 5.00. The van der Waals surface area contributed by atoms with Gasteiger partial charge in [0.1, 0.15) is 12.2 Å². The standard InChI is InChI=1S/C24H23ClN4O3/c25-19-8-10-20(11-9-19)26-22(30)17-29-12-4-7-21(29)24(32)28-15-13-27(14-16-28)23(31)18-5-2-1-3-6-18/h1-12H,13-17H2,(H,26,30). The second-order valence-electron chi connectivity index (χ2n) is 7.53. The first-order chi connectivity index (χ1) is 15.5. The van der Waals surface area contributed by atoms with E-state index in [1.165, 1.54) is 0 Å². The van der Waals surface area contributed by atoms with Gasteiger partial charge in [0.15, 0.2) is 0 Å². The van der Waals surface area contributed by atoms with Gasteiger partial charge in [0, 0.05) is 48.6 Å². The van der Waals surface area contributed by atoms with E-state index in [-0.39, 0.29) is 24.3 Å². The van der Waals surface area contributed by atoms with Crippen LogP contribution in [-0.2, 0) is 11.3 Å². The third-order valence-electron chi connectivity index (χ3n) is 5.37. The Morgan fingerprint density at radius 2 is 1.41 bits per heavy atom. The Morgan fingerprint density at radius 1 is 0.781 bits per heavy atom. The van der Waals surface area contributed by atoms with Crippen LogP contribution >= 0.6 is 11.6 Å². The molecule has 2 aromatic carbocycles. The molecular formula is C24H23ClN4O3. The number of amides is 3. The number of hydrogen-bond donors (Lipinski definition) is 1. The van der Waals surface area contributed by atoms with Crippen molar-refractivity contribution in [1.29, 1.82) is 0 Å². The monoisotopic (exact) mass is 450 g/mol. The SMILES string of the molecule is O=C(Cn1cccc1C(=O)N1CCN(C(=O)c2ccccc2)CC1)Nc1ccc(Cl)cc1. The molecular weight excluding hydrogens is 428 g/mol. The van der Waals surface area contributed by atoms with Gasteiger partial charge >= 0.3 is 0 Å². The topological polar surface area (TPSA) is 74.7 Å². The minimum absolute atomic E-state index is 0.0170. The van der Waals surface area contributed by atoms with Gasteiger partial charge in [0.25, 0.3) is 11.8 Å². The number of hydrogen-bond acceptors (Lipinski definition) is 3. The minimum atomic E-state index is -0.240. The first-order valence-corrected chi connectivity index (χ1v) is 10.7. The molecule has 0 saturated carbocycles. The minimum Gasteiger partial charge on any atom is -0.335 e.